The topological polar surface area (TPSA) is 46.5 Å². The Morgan fingerprint density at radius 3 is 2.88 bits per heavy atom. The van der Waals surface area contributed by atoms with Crippen molar-refractivity contribution in [3.63, 3.8) is 0 Å². The molecule has 1 aliphatic rings. The first-order valence-electron chi connectivity index (χ1n) is 5.26. The lowest BCUT2D eigenvalue weighted by molar-refractivity contribution is -0.159. The number of esters is 1. The highest BCUT2D eigenvalue weighted by atomic mass is 35.5. The Labute approximate surface area is 99.0 Å². The van der Waals surface area contributed by atoms with Crippen LogP contribution in [-0.2, 0) is 16.0 Å². The molecule has 1 aliphatic heterocycles. The van der Waals surface area contributed by atoms with Crippen molar-refractivity contribution in [2.24, 2.45) is 0 Å². The lowest BCUT2D eigenvalue weighted by atomic mass is 9.99. The fourth-order valence-corrected chi connectivity index (χ4v) is 2.11. The molecule has 0 unspecified atom stereocenters. The van der Waals surface area contributed by atoms with E-state index in [0.29, 0.717) is 17.9 Å². The molecule has 1 N–H and O–H groups in total. The maximum atomic E-state index is 11.1. The molecule has 1 fully saturated rings. The predicted molar refractivity (Wildman–Crippen MR) is 60.3 cm³/mol. The molecule has 0 bridgehead atoms. The molecule has 4 heteroatoms. The second kappa shape index (κ2) is 4.85. The van der Waals surface area contributed by atoms with Crippen molar-refractivity contribution in [3.05, 3.63) is 34.9 Å². The number of aliphatic hydroxyl groups is 1. The first-order valence-corrected chi connectivity index (χ1v) is 5.64. The number of rotatable bonds is 2. The summed E-state index contributed by atoms with van der Waals surface area (Å²) in [5, 5.41) is 10.1. The highest BCUT2D eigenvalue weighted by Gasteiger charge is 2.27. The zero-order chi connectivity index (χ0) is 11.5. The Bertz CT molecular complexity index is 392. The maximum absolute atomic E-state index is 11.1. The Hall–Kier alpha value is -1.06. The average Bonchev–Trinajstić information content (AvgIpc) is 2.20. The zero-order valence-corrected chi connectivity index (χ0v) is 9.48. The van der Waals surface area contributed by atoms with Gasteiger partial charge in [0.2, 0.25) is 0 Å². The first kappa shape index (κ1) is 11.4. The summed E-state index contributed by atoms with van der Waals surface area (Å²) in [4.78, 5) is 11.1. The Kier molecular flexibility index (Phi) is 3.46. The predicted octanol–water partition coefficient (Wildman–Crippen LogP) is 1.95. The zero-order valence-electron chi connectivity index (χ0n) is 8.73. The van der Waals surface area contributed by atoms with Crippen LogP contribution in [0, 0.1) is 0 Å². The summed E-state index contributed by atoms with van der Waals surface area (Å²) in [6.07, 6.45) is 0.281. The van der Waals surface area contributed by atoms with Crippen LogP contribution < -0.4 is 0 Å². The van der Waals surface area contributed by atoms with Gasteiger partial charge in [-0.25, -0.2) is 0 Å². The average molecular weight is 241 g/mol. The van der Waals surface area contributed by atoms with E-state index in [-0.39, 0.29) is 18.5 Å². The lowest BCUT2D eigenvalue weighted by Crippen LogP contribution is -2.33. The summed E-state index contributed by atoms with van der Waals surface area (Å²) in [5.41, 5.74) is 0.941. The van der Waals surface area contributed by atoms with E-state index in [1.54, 1.807) is 6.07 Å². The van der Waals surface area contributed by atoms with Gasteiger partial charge in [0.1, 0.15) is 6.10 Å². The summed E-state index contributed by atoms with van der Waals surface area (Å²) < 4.78 is 5.16. The minimum Gasteiger partial charge on any atom is -0.462 e. The number of cyclic esters (lactones) is 1. The van der Waals surface area contributed by atoms with Crippen LogP contribution in [0.15, 0.2) is 24.3 Å². The molecule has 1 aromatic rings. The molecule has 1 saturated heterocycles. The standard InChI is InChI=1S/C12H13ClO3/c13-11-4-2-1-3-8(11)5-10-6-9(14)7-12(15)16-10/h1-4,9-10,14H,5-7H2/t9-,10-/m0/s1. The van der Waals surface area contributed by atoms with Crippen LogP contribution in [0.5, 0.6) is 0 Å². The summed E-state index contributed by atoms with van der Waals surface area (Å²) in [6.45, 7) is 0. The van der Waals surface area contributed by atoms with Crippen LogP contribution in [0.4, 0.5) is 0 Å². The highest BCUT2D eigenvalue weighted by molar-refractivity contribution is 6.31. The minimum absolute atomic E-state index is 0.0963. The Balaban J connectivity index is 2.04. The fraction of sp³-hybridized carbons (Fsp3) is 0.417. The fourth-order valence-electron chi connectivity index (χ4n) is 1.90. The number of benzene rings is 1. The highest BCUT2D eigenvalue weighted by Crippen LogP contribution is 2.22. The molecule has 0 amide bonds. The molecule has 0 saturated carbocycles. The van der Waals surface area contributed by atoms with Gasteiger partial charge in [-0.2, -0.15) is 0 Å². The molecule has 86 valence electrons. The van der Waals surface area contributed by atoms with E-state index in [9.17, 15) is 9.90 Å². The lowest BCUT2D eigenvalue weighted by Gasteiger charge is -2.26. The third-order valence-corrected chi connectivity index (χ3v) is 3.01. The van der Waals surface area contributed by atoms with E-state index >= 15 is 0 Å². The molecule has 2 rings (SSSR count). The van der Waals surface area contributed by atoms with Gasteiger partial charge in [-0.3, -0.25) is 4.79 Å². The number of aliphatic hydroxyl groups excluding tert-OH is 1. The number of carbonyl (C=O) groups excluding carboxylic acids is 1. The summed E-state index contributed by atoms with van der Waals surface area (Å²) in [6, 6.07) is 7.45. The van der Waals surface area contributed by atoms with Gasteiger partial charge in [-0.15, -0.1) is 0 Å². The second-order valence-corrected chi connectivity index (χ2v) is 4.41. The van der Waals surface area contributed by atoms with Gasteiger partial charge in [-0.05, 0) is 11.6 Å². The van der Waals surface area contributed by atoms with Crippen molar-refractivity contribution in [1.29, 1.82) is 0 Å². The van der Waals surface area contributed by atoms with Crippen LogP contribution in [0.25, 0.3) is 0 Å². The van der Waals surface area contributed by atoms with Crippen molar-refractivity contribution in [2.75, 3.05) is 0 Å². The summed E-state index contributed by atoms with van der Waals surface area (Å²) in [5.74, 6) is -0.337. The first-order chi connectivity index (χ1) is 7.65. The van der Waals surface area contributed by atoms with E-state index in [4.69, 9.17) is 16.3 Å². The molecule has 2 atom stereocenters. The molecular formula is C12H13ClO3. The Morgan fingerprint density at radius 2 is 2.19 bits per heavy atom. The van der Waals surface area contributed by atoms with Crippen LogP contribution in [0.3, 0.4) is 0 Å². The van der Waals surface area contributed by atoms with Crippen molar-refractivity contribution in [1.82, 2.24) is 0 Å². The van der Waals surface area contributed by atoms with Crippen molar-refractivity contribution in [2.45, 2.75) is 31.5 Å². The van der Waals surface area contributed by atoms with Gasteiger partial charge in [0.05, 0.1) is 12.5 Å². The van der Waals surface area contributed by atoms with Gasteiger partial charge in [0.15, 0.2) is 0 Å². The minimum atomic E-state index is -0.589. The summed E-state index contributed by atoms with van der Waals surface area (Å²) >= 11 is 6.01. The normalized spacial score (nSPS) is 25.2. The third-order valence-electron chi connectivity index (χ3n) is 2.64. The second-order valence-electron chi connectivity index (χ2n) is 4.00. The van der Waals surface area contributed by atoms with Crippen molar-refractivity contribution in [3.8, 4) is 0 Å². The van der Waals surface area contributed by atoms with Gasteiger partial charge in [0, 0.05) is 17.9 Å². The number of carbonyl (C=O) groups is 1. The molecule has 0 aromatic heterocycles. The molecular weight excluding hydrogens is 228 g/mol. The monoisotopic (exact) mass is 240 g/mol. The van der Waals surface area contributed by atoms with Gasteiger partial charge >= 0.3 is 5.97 Å². The van der Waals surface area contributed by atoms with E-state index in [1.807, 2.05) is 18.2 Å². The molecule has 1 aromatic carbocycles. The summed E-state index contributed by atoms with van der Waals surface area (Å²) in [7, 11) is 0. The number of hydrogen-bond donors (Lipinski definition) is 1. The largest absolute Gasteiger partial charge is 0.462 e. The smallest absolute Gasteiger partial charge is 0.308 e. The van der Waals surface area contributed by atoms with E-state index < -0.39 is 6.10 Å². The molecule has 0 radical (unpaired) electrons. The molecule has 0 aliphatic carbocycles. The molecule has 1 heterocycles. The Morgan fingerprint density at radius 1 is 1.44 bits per heavy atom. The number of ether oxygens (including phenoxy) is 1. The van der Waals surface area contributed by atoms with Crippen LogP contribution in [0.2, 0.25) is 5.02 Å². The maximum Gasteiger partial charge on any atom is 0.308 e. The van der Waals surface area contributed by atoms with Crippen LogP contribution >= 0.6 is 11.6 Å². The van der Waals surface area contributed by atoms with Crippen LogP contribution in [0.1, 0.15) is 18.4 Å². The molecule has 16 heavy (non-hydrogen) atoms. The molecule has 3 nitrogen and oxygen atoms in total. The molecule has 0 spiro atoms. The van der Waals surface area contributed by atoms with Crippen molar-refractivity contribution < 1.29 is 14.6 Å². The number of halogens is 1. The third kappa shape index (κ3) is 2.74. The quantitative estimate of drug-likeness (QED) is 0.804. The van der Waals surface area contributed by atoms with Gasteiger partial charge in [-0.1, -0.05) is 29.8 Å². The number of hydrogen-bond acceptors (Lipinski definition) is 3. The van der Waals surface area contributed by atoms with Gasteiger partial charge < -0.3 is 9.84 Å². The van der Waals surface area contributed by atoms with Crippen LogP contribution in [-0.4, -0.2) is 23.3 Å². The van der Waals surface area contributed by atoms with E-state index in [2.05, 4.69) is 0 Å². The van der Waals surface area contributed by atoms with Crippen molar-refractivity contribution >= 4 is 17.6 Å². The SMILES string of the molecule is O=C1C[C@@H](O)C[C@H](Cc2ccccc2Cl)O1. The van der Waals surface area contributed by atoms with Gasteiger partial charge in [0.25, 0.3) is 0 Å². The van der Waals surface area contributed by atoms with E-state index in [0.717, 1.165) is 5.56 Å². The van der Waals surface area contributed by atoms with E-state index in [1.165, 1.54) is 0 Å².